The highest BCUT2D eigenvalue weighted by Crippen LogP contribution is 2.16. The van der Waals surface area contributed by atoms with E-state index in [9.17, 15) is 4.79 Å². The number of amides is 1. The molecule has 4 nitrogen and oxygen atoms in total. The number of aromatic nitrogens is 1. The Labute approximate surface area is 116 Å². The Balaban J connectivity index is 1.91. The van der Waals surface area contributed by atoms with Crippen LogP contribution in [0.3, 0.4) is 0 Å². The molecule has 1 fully saturated rings. The Morgan fingerprint density at radius 3 is 2.72 bits per heavy atom. The van der Waals surface area contributed by atoms with Crippen molar-refractivity contribution in [3.05, 3.63) is 28.0 Å². The molecule has 0 aromatic carbocycles. The zero-order valence-corrected chi connectivity index (χ0v) is 11.6. The van der Waals surface area contributed by atoms with E-state index in [1.807, 2.05) is 0 Å². The van der Waals surface area contributed by atoms with Crippen LogP contribution in [0.15, 0.2) is 12.1 Å². The van der Waals surface area contributed by atoms with E-state index in [4.69, 9.17) is 23.2 Å². The maximum atomic E-state index is 11.9. The van der Waals surface area contributed by atoms with Crippen LogP contribution in [0.2, 0.25) is 10.3 Å². The summed E-state index contributed by atoms with van der Waals surface area (Å²) in [5.74, 6) is 0.363. The average molecular weight is 288 g/mol. The smallest absolute Gasteiger partial charge is 0.251 e. The number of nitrogens with one attached hydrogen (secondary N) is 1. The van der Waals surface area contributed by atoms with Gasteiger partial charge in [-0.2, -0.15) is 0 Å². The van der Waals surface area contributed by atoms with E-state index < -0.39 is 0 Å². The van der Waals surface area contributed by atoms with E-state index in [1.165, 1.54) is 12.1 Å². The molecule has 18 heavy (non-hydrogen) atoms. The summed E-state index contributed by atoms with van der Waals surface area (Å²) in [4.78, 5) is 18.0. The van der Waals surface area contributed by atoms with E-state index >= 15 is 0 Å². The standard InChI is InChI=1S/C12H15Cl2N3O/c1-17-3-2-8(7-17)6-15-12(18)9-4-10(13)16-11(14)5-9/h4-5,8H,2-3,6-7H2,1H3,(H,15,18). The molecule has 1 aromatic heterocycles. The van der Waals surface area contributed by atoms with Crippen LogP contribution in [0.25, 0.3) is 0 Å². The second kappa shape index (κ2) is 5.87. The number of nitrogens with zero attached hydrogens (tertiary/aromatic N) is 2. The second-order valence-electron chi connectivity index (χ2n) is 4.63. The summed E-state index contributed by atoms with van der Waals surface area (Å²) < 4.78 is 0. The van der Waals surface area contributed by atoms with Gasteiger partial charge in [0.1, 0.15) is 10.3 Å². The van der Waals surface area contributed by atoms with Gasteiger partial charge in [-0.15, -0.1) is 0 Å². The highest BCUT2D eigenvalue weighted by molar-refractivity contribution is 6.33. The summed E-state index contributed by atoms with van der Waals surface area (Å²) >= 11 is 11.5. The molecule has 98 valence electrons. The van der Waals surface area contributed by atoms with E-state index in [2.05, 4.69) is 22.2 Å². The Bertz CT molecular complexity index is 433. The molecule has 0 radical (unpaired) electrons. The van der Waals surface area contributed by atoms with E-state index in [0.717, 1.165) is 19.5 Å². The molecule has 0 saturated carbocycles. The van der Waals surface area contributed by atoms with Crippen molar-refractivity contribution >= 4 is 29.1 Å². The van der Waals surface area contributed by atoms with E-state index in [0.29, 0.717) is 18.0 Å². The molecule has 1 unspecified atom stereocenters. The minimum Gasteiger partial charge on any atom is -0.352 e. The average Bonchev–Trinajstić information content (AvgIpc) is 2.70. The Kier molecular flexibility index (Phi) is 4.43. The third-order valence-corrected chi connectivity index (χ3v) is 3.45. The van der Waals surface area contributed by atoms with Gasteiger partial charge >= 0.3 is 0 Å². The maximum absolute atomic E-state index is 11.9. The number of likely N-dealkylation sites (tertiary alicyclic amines) is 1. The lowest BCUT2D eigenvalue weighted by atomic mass is 10.1. The molecule has 0 spiro atoms. The van der Waals surface area contributed by atoms with Crippen molar-refractivity contribution in [2.75, 3.05) is 26.7 Å². The number of pyridine rings is 1. The summed E-state index contributed by atoms with van der Waals surface area (Å²) in [7, 11) is 2.09. The van der Waals surface area contributed by atoms with Crippen molar-refractivity contribution in [2.45, 2.75) is 6.42 Å². The molecule has 1 saturated heterocycles. The molecule has 1 aliphatic rings. The van der Waals surface area contributed by atoms with Gasteiger partial charge in [0, 0.05) is 18.7 Å². The third kappa shape index (κ3) is 3.57. The first kappa shape index (κ1) is 13.6. The van der Waals surface area contributed by atoms with Crippen LogP contribution in [0.5, 0.6) is 0 Å². The lowest BCUT2D eigenvalue weighted by molar-refractivity contribution is 0.0947. The van der Waals surface area contributed by atoms with Crippen molar-refractivity contribution in [1.29, 1.82) is 0 Å². The minimum atomic E-state index is -0.157. The highest BCUT2D eigenvalue weighted by atomic mass is 35.5. The lowest BCUT2D eigenvalue weighted by Gasteiger charge is -2.11. The summed E-state index contributed by atoms with van der Waals surface area (Å²) in [5.41, 5.74) is 0.450. The Morgan fingerprint density at radius 2 is 2.17 bits per heavy atom. The molecule has 1 aromatic rings. The molecule has 1 amide bonds. The van der Waals surface area contributed by atoms with Crippen LogP contribution in [0, 0.1) is 5.92 Å². The molecule has 6 heteroatoms. The molecule has 1 atom stereocenters. The molecule has 1 N–H and O–H groups in total. The fourth-order valence-electron chi connectivity index (χ4n) is 2.13. The number of carbonyl (C=O) groups is 1. The zero-order chi connectivity index (χ0) is 13.1. The first-order valence-electron chi connectivity index (χ1n) is 5.84. The van der Waals surface area contributed by atoms with Crippen molar-refractivity contribution < 1.29 is 4.79 Å². The molecular formula is C12H15Cl2N3O. The van der Waals surface area contributed by atoms with E-state index in [1.54, 1.807) is 0 Å². The Morgan fingerprint density at radius 1 is 1.50 bits per heavy atom. The van der Waals surface area contributed by atoms with Gasteiger partial charge in [-0.25, -0.2) is 4.98 Å². The van der Waals surface area contributed by atoms with Crippen LogP contribution < -0.4 is 5.32 Å². The first-order valence-corrected chi connectivity index (χ1v) is 6.60. The largest absolute Gasteiger partial charge is 0.352 e. The SMILES string of the molecule is CN1CCC(CNC(=O)c2cc(Cl)nc(Cl)c2)C1. The molecule has 0 bridgehead atoms. The van der Waals surface area contributed by atoms with Gasteiger partial charge < -0.3 is 10.2 Å². The predicted octanol–water partition coefficient (Wildman–Crippen LogP) is 2.07. The van der Waals surface area contributed by atoms with Gasteiger partial charge in [0.2, 0.25) is 0 Å². The number of carbonyl (C=O) groups excluding carboxylic acids is 1. The fourth-order valence-corrected chi connectivity index (χ4v) is 2.59. The summed E-state index contributed by atoms with van der Waals surface area (Å²) in [6, 6.07) is 3.03. The summed E-state index contributed by atoms with van der Waals surface area (Å²) in [6.07, 6.45) is 1.12. The molecule has 1 aliphatic heterocycles. The molecular weight excluding hydrogens is 273 g/mol. The van der Waals surface area contributed by atoms with E-state index in [-0.39, 0.29) is 16.2 Å². The van der Waals surface area contributed by atoms with Gasteiger partial charge in [0.15, 0.2) is 0 Å². The van der Waals surface area contributed by atoms with Gasteiger partial charge in [-0.05, 0) is 38.1 Å². The van der Waals surface area contributed by atoms with Crippen molar-refractivity contribution in [3.8, 4) is 0 Å². The summed E-state index contributed by atoms with van der Waals surface area (Å²) in [6.45, 7) is 2.80. The molecule has 2 rings (SSSR count). The van der Waals surface area contributed by atoms with Gasteiger partial charge in [-0.1, -0.05) is 23.2 Å². The highest BCUT2D eigenvalue weighted by Gasteiger charge is 2.20. The van der Waals surface area contributed by atoms with Gasteiger partial charge in [-0.3, -0.25) is 4.79 Å². The van der Waals surface area contributed by atoms with Crippen LogP contribution in [-0.2, 0) is 0 Å². The van der Waals surface area contributed by atoms with Crippen LogP contribution in [-0.4, -0.2) is 42.5 Å². The Hall–Kier alpha value is -0.840. The van der Waals surface area contributed by atoms with Gasteiger partial charge in [0.25, 0.3) is 5.91 Å². The van der Waals surface area contributed by atoms with Crippen molar-refractivity contribution in [1.82, 2.24) is 15.2 Å². The number of rotatable bonds is 3. The van der Waals surface area contributed by atoms with Crippen LogP contribution in [0.4, 0.5) is 0 Å². The number of hydrogen-bond donors (Lipinski definition) is 1. The second-order valence-corrected chi connectivity index (χ2v) is 5.40. The fraction of sp³-hybridized carbons (Fsp3) is 0.500. The quantitative estimate of drug-likeness (QED) is 0.866. The monoisotopic (exact) mass is 287 g/mol. The first-order chi connectivity index (χ1) is 8.54. The lowest BCUT2D eigenvalue weighted by Crippen LogP contribution is -2.30. The third-order valence-electron chi connectivity index (χ3n) is 3.07. The molecule has 0 aliphatic carbocycles. The van der Waals surface area contributed by atoms with Crippen molar-refractivity contribution in [3.63, 3.8) is 0 Å². The van der Waals surface area contributed by atoms with Crippen molar-refractivity contribution in [2.24, 2.45) is 5.92 Å². The predicted molar refractivity (Wildman–Crippen MR) is 72.2 cm³/mol. The van der Waals surface area contributed by atoms with Crippen LogP contribution >= 0.6 is 23.2 Å². The van der Waals surface area contributed by atoms with Gasteiger partial charge in [0.05, 0.1) is 0 Å². The zero-order valence-electron chi connectivity index (χ0n) is 10.1. The molecule has 2 heterocycles. The summed E-state index contributed by atoms with van der Waals surface area (Å²) in [5, 5.41) is 3.36. The number of halogens is 2. The topological polar surface area (TPSA) is 45.2 Å². The van der Waals surface area contributed by atoms with Crippen LogP contribution in [0.1, 0.15) is 16.8 Å². The number of hydrogen-bond acceptors (Lipinski definition) is 3. The maximum Gasteiger partial charge on any atom is 0.251 e. The minimum absolute atomic E-state index is 0.157. The normalized spacial score (nSPS) is 20.1.